The summed E-state index contributed by atoms with van der Waals surface area (Å²) in [5.41, 5.74) is 6.07. The molecule has 1 rings (SSSR count). The number of aryl methyl sites for hydroxylation is 1. The smallest absolute Gasteiger partial charge is 0.320 e. The number of carbonyl (C=O) groups is 1. The van der Waals surface area contributed by atoms with Crippen LogP contribution in [0.5, 0.6) is 0 Å². The summed E-state index contributed by atoms with van der Waals surface area (Å²) in [4.78, 5) is 14.4. The van der Waals surface area contributed by atoms with E-state index in [0.717, 1.165) is 12.2 Å². The third-order valence-corrected chi connectivity index (χ3v) is 1.80. The molecule has 0 amide bonds. The summed E-state index contributed by atoms with van der Waals surface area (Å²) < 4.78 is 1.88. The van der Waals surface area contributed by atoms with E-state index >= 15 is 0 Å². The molecule has 0 aliphatic carbocycles. The number of imidazole rings is 1. The van der Waals surface area contributed by atoms with Crippen molar-refractivity contribution in [3.8, 4) is 0 Å². The summed E-state index contributed by atoms with van der Waals surface area (Å²) in [7, 11) is 0. The molecular weight excluding hydrogens is 170 g/mol. The molecule has 0 fully saturated rings. The van der Waals surface area contributed by atoms with Gasteiger partial charge in [0.25, 0.3) is 0 Å². The lowest BCUT2D eigenvalue weighted by Gasteiger charge is -2.02. The summed E-state index contributed by atoms with van der Waals surface area (Å²) in [5.74, 6) is -0.994. The normalized spacial score (nSPS) is 12.8. The minimum Gasteiger partial charge on any atom is -0.480 e. The molecule has 0 bridgehead atoms. The van der Waals surface area contributed by atoms with Gasteiger partial charge < -0.3 is 15.4 Å². The van der Waals surface area contributed by atoms with Crippen LogP contribution in [0.15, 0.2) is 12.5 Å². The average molecular weight is 183 g/mol. The largest absolute Gasteiger partial charge is 0.480 e. The predicted molar refractivity (Wildman–Crippen MR) is 47.2 cm³/mol. The molecule has 0 radical (unpaired) electrons. The van der Waals surface area contributed by atoms with Gasteiger partial charge in [-0.05, 0) is 6.92 Å². The molecule has 0 saturated carbocycles. The number of aromatic nitrogens is 2. The Morgan fingerprint density at radius 2 is 2.54 bits per heavy atom. The lowest BCUT2D eigenvalue weighted by molar-refractivity contribution is -0.138. The monoisotopic (exact) mass is 183 g/mol. The molecule has 5 heteroatoms. The number of hydrogen-bond donors (Lipinski definition) is 2. The highest BCUT2D eigenvalue weighted by Crippen LogP contribution is 1.99. The van der Waals surface area contributed by atoms with Crippen LogP contribution < -0.4 is 5.73 Å². The molecule has 1 heterocycles. The van der Waals surface area contributed by atoms with Gasteiger partial charge in [-0.1, -0.05) is 0 Å². The Bertz CT molecular complexity index is 295. The number of rotatable bonds is 4. The number of carboxylic acid groups (broad SMARTS) is 1. The van der Waals surface area contributed by atoms with Crippen molar-refractivity contribution in [1.82, 2.24) is 9.55 Å². The van der Waals surface area contributed by atoms with E-state index in [0.29, 0.717) is 0 Å². The highest BCUT2D eigenvalue weighted by Gasteiger charge is 2.13. The molecule has 13 heavy (non-hydrogen) atoms. The zero-order valence-electron chi connectivity index (χ0n) is 7.47. The zero-order chi connectivity index (χ0) is 9.84. The van der Waals surface area contributed by atoms with E-state index in [1.165, 1.54) is 0 Å². The second kappa shape index (κ2) is 4.04. The van der Waals surface area contributed by atoms with Gasteiger partial charge >= 0.3 is 5.97 Å². The maximum absolute atomic E-state index is 10.4. The molecular formula is C8H13N3O2. The van der Waals surface area contributed by atoms with Crippen LogP contribution in [-0.4, -0.2) is 26.7 Å². The minimum atomic E-state index is -0.994. The Labute approximate surface area is 76.2 Å². The Morgan fingerprint density at radius 1 is 1.85 bits per heavy atom. The lowest BCUT2D eigenvalue weighted by Crippen LogP contribution is -2.32. The number of aliphatic carboxylic acids is 1. The van der Waals surface area contributed by atoms with E-state index in [9.17, 15) is 4.79 Å². The van der Waals surface area contributed by atoms with Gasteiger partial charge in [0.15, 0.2) is 0 Å². The highest BCUT2D eigenvalue weighted by molar-refractivity contribution is 5.73. The first-order valence-corrected chi connectivity index (χ1v) is 4.12. The fraction of sp³-hybridized carbons (Fsp3) is 0.500. The summed E-state index contributed by atoms with van der Waals surface area (Å²) in [6.45, 7) is 2.82. The zero-order valence-corrected chi connectivity index (χ0v) is 7.47. The van der Waals surface area contributed by atoms with Crippen molar-refractivity contribution in [3.63, 3.8) is 0 Å². The van der Waals surface area contributed by atoms with Crippen molar-refractivity contribution in [2.75, 3.05) is 0 Å². The van der Waals surface area contributed by atoms with E-state index in [2.05, 4.69) is 4.98 Å². The minimum absolute atomic E-state index is 0.280. The molecule has 0 aromatic carbocycles. The van der Waals surface area contributed by atoms with E-state index < -0.39 is 12.0 Å². The molecule has 0 saturated heterocycles. The fourth-order valence-electron chi connectivity index (χ4n) is 0.997. The van der Waals surface area contributed by atoms with Gasteiger partial charge in [-0.2, -0.15) is 0 Å². The third kappa shape index (κ3) is 2.55. The number of nitrogens with zero attached hydrogens (tertiary/aromatic N) is 2. The summed E-state index contributed by atoms with van der Waals surface area (Å²) >= 11 is 0. The van der Waals surface area contributed by atoms with Crippen molar-refractivity contribution in [1.29, 1.82) is 0 Å². The molecule has 1 atom stereocenters. The second-order valence-electron chi connectivity index (χ2n) is 2.84. The SMILES string of the molecule is CCn1cnc(C[C@H](N)C(=O)O)c1. The number of hydrogen-bond acceptors (Lipinski definition) is 3. The molecule has 0 aliphatic rings. The molecule has 0 unspecified atom stereocenters. The van der Waals surface area contributed by atoms with E-state index in [4.69, 9.17) is 10.8 Å². The molecule has 1 aromatic rings. The lowest BCUT2D eigenvalue weighted by atomic mass is 10.2. The number of nitrogens with two attached hydrogens (primary N) is 1. The molecule has 0 spiro atoms. The van der Waals surface area contributed by atoms with Crippen molar-refractivity contribution in [2.24, 2.45) is 5.73 Å². The fourth-order valence-corrected chi connectivity index (χ4v) is 0.997. The summed E-state index contributed by atoms with van der Waals surface area (Å²) in [5, 5.41) is 8.55. The predicted octanol–water partition coefficient (Wildman–Crippen LogP) is -0.143. The van der Waals surface area contributed by atoms with Crippen molar-refractivity contribution in [2.45, 2.75) is 25.9 Å². The van der Waals surface area contributed by atoms with Crippen molar-refractivity contribution in [3.05, 3.63) is 18.2 Å². The summed E-state index contributed by atoms with van der Waals surface area (Å²) in [6, 6.07) is -0.861. The number of carboxylic acids is 1. The van der Waals surface area contributed by atoms with E-state index in [-0.39, 0.29) is 6.42 Å². The van der Waals surface area contributed by atoms with Gasteiger partial charge in [-0.3, -0.25) is 4.79 Å². The third-order valence-electron chi connectivity index (χ3n) is 1.80. The molecule has 5 nitrogen and oxygen atoms in total. The van der Waals surface area contributed by atoms with Crippen LogP contribution in [0.2, 0.25) is 0 Å². The molecule has 1 aromatic heterocycles. The van der Waals surface area contributed by atoms with E-state index in [1.807, 2.05) is 17.7 Å². The molecule has 72 valence electrons. The van der Waals surface area contributed by atoms with Gasteiger partial charge in [0.05, 0.1) is 12.0 Å². The van der Waals surface area contributed by atoms with Crippen LogP contribution in [0.1, 0.15) is 12.6 Å². The van der Waals surface area contributed by atoms with Crippen LogP contribution in [0.4, 0.5) is 0 Å². The summed E-state index contributed by atoms with van der Waals surface area (Å²) in [6.07, 6.45) is 3.76. The van der Waals surface area contributed by atoms with Crippen LogP contribution in [0.25, 0.3) is 0 Å². The van der Waals surface area contributed by atoms with Crippen LogP contribution >= 0.6 is 0 Å². The Kier molecular flexibility index (Phi) is 3.02. The Balaban J connectivity index is 2.58. The van der Waals surface area contributed by atoms with Gasteiger partial charge in [0, 0.05) is 19.2 Å². The average Bonchev–Trinajstić information content (AvgIpc) is 2.52. The Morgan fingerprint density at radius 3 is 3.00 bits per heavy atom. The van der Waals surface area contributed by atoms with E-state index in [1.54, 1.807) is 6.33 Å². The van der Waals surface area contributed by atoms with Crippen LogP contribution in [0.3, 0.4) is 0 Å². The quantitative estimate of drug-likeness (QED) is 0.680. The maximum Gasteiger partial charge on any atom is 0.320 e. The highest BCUT2D eigenvalue weighted by atomic mass is 16.4. The van der Waals surface area contributed by atoms with Gasteiger partial charge in [0.1, 0.15) is 6.04 Å². The van der Waals surface area contributed by atoms with Gasteiger partial charge in [-0.15, -0.1) is 0 Å². The first-order valence-electron chi connectivity index (χ1n) is 4.12. The molecule has 0 aliphatic heterocycles. The first-order chi connectivity index (χ1) is 6.13. The first kappa shape index (κ1) is 9.73. The van der Waals surface area contributed by atoms with Crippen molar-refractivity contribution >= 4 is 5.97 Å². The Hall–Kier alpha value is -1.36. The van der Waals surface area contributed by atoms with Crippen molar-refractivity contribution < 1.29 is 9.90 Å². The second-order valence-corrected chi connectivity index (χ2v) is 2.84. The standard InChI is InChI=1S/C8H13N3O2/c1-2-11-4-6(10-5-11)3-7(9)8(12)13/h4-5,7H,2-3,9H2,1H3,(H,12,13)/t7-/m0/s1. The molecule has 3 N–H and O–H groups in total. The maximum atomic E-state index is 10.4. The van der Waals surface area contributed by atoms with Gasteiger partial charge in [-0.25, -0.2) is 4.98 Å². The topological polar surface area (TPSA) is 81.1 Å². The van der Waals surface area contributed by atoms with Crippen LogP contribution in [0, 0.1) is 0 Å². The van der Waals surface area contributed by atoms with Crippen LogP contribution in [-0.2, 0) is 17.8 Å². The van der Waals surface area contributed by atoms with Gasteiger partial charge in [0.2, 0.25) is 0 Å².